The molecule has 1 atom stereocenters. The van der Waals surface area contributed by atoms with Gasteiger partial charge in [-0.15, -0.1) is 0 Å². The monoisotopic (exact) mass is 359 g/mol. The highest BCUT2D eigenvalue weighted by Crippen LogP contribution is 2.43. The Balaban J connectivity index is 1.86. The predicted octanol–water partition coefficient (Wildman–Crippen LogP) is 2.79. The summed E-state index contributed by atoms with van der Waals surface area (Å²) in [5, 5.41) is 0. The van der Waals surface area contributed by atoms with Crippen molar-refractivity contribution < 1.29 is 17.9 Å². The first-order valence-corrected chi connectivity index (χ1v) is 9.69. The molecule has 0 bridgehead atoms. The van der Waals surface area contributed by atoms with Crippen molar-refractivity contribution in [2.45, 2.75) is 23.7 Å². The fourth-order valence-electron chi connectivity index (χ4n) is 3.31. The van der Waals surface area contributed by atoms with Gasteiger partial charge in [0, 0.05) is 12.7 Å². The number of nitrogens with zero attached hydrogens (tertiary/aromatic N) is 1. The van der Waals surface area contributed by atoms with E-state index in [2.05, 4.69) is 0 Å². The number of rotatable bonds is 5. The van der Waals surface area contributed by atoms with Crippen LogP contribution in [0.15, 0.2) is 53.4 Å². The highest BCUT2D eigenvalue weighted by Gasteiger charge is 2.46. The molecule has 1 aliphatic heterocycles. The van der Waals surface area contributed by atoms with Gasteiger partial charge in [0.2, 0.25) is 5.91 Å². The number of carbonyl (C=O) groups is 1. The normalized spacial score (nSPS) is 19.8. The number of amides is 1. The maximum absolute atomic E-state index is 12.7. The maximum atomic E-state index is 12.7. The molecule has 132 valence electrons. The number of para-hydroxylation sites is 1. The fourth-order valence-corrected chi connectivity index (χ4v) is 4.77. The summed E-state index contributed by atoms with van der Waals surface area (Å²) in [7, 11) is -0.222. The van der Waals surface area contributed by atoms with Crippen molar-refractivity contribution in [3.05, 3.63) is 54.1 Å². The molecular weight excluding hydrogens is 338 g/mol. The Kier molecular flexibility index (Phi) is 4.33. The molecule has 0 aliphatic carbocycles. The molecule has 2 aromatic rings. The smallest absolute Gasteiger partial charge is 0.237 e. The summed E-state index contributed by atoms with van der Waals surface area (Å²) in [6.07, 6.45) is 0.238. The first-order chi connectivity index (χ1) is 11.8. The molecule has 6 heteroatoms. The standard InChI is InChI=1S/C19H21NO4S/c1-19(16-6-4-5-7-17(16)20(2)18(19)21)12-13-25(22,23)15-10-8-14(24-3)9-11-15/h4-11H,12-13H2,1-3H3. The van der Waals surface area contributed by atoms with Gasteiger partial charge in [0.15, 0.2) is 9.84 Å². The lowest BCUT2D eigenvalue weighted by Crippen LogP contribution is -2.37. The Morgan fingerprint density at radius 3 is 2.36 bits per heavy atom. The fraction of sp³-hybridized carbons (Fsp3) is 0.316. The molecule has 2 aromatic carbocycles. The van der Waals surface area contributed by atoms with Crippen LogP contribution >= 0.6 is 0 Å². The van der Waals surface area contributed by atoms with Gasteiger partial charge in [0.1, 0.15) is 5.75 Å². The Morgan fingerprint density at radius 1 is 1.08 bits per heavy atom. The third kappa shape index (κ3) is 2.91. The highest BCUT2D eigenvalue weighted by molar-refractivity contribution is 7.91. The number of ether oxygens (including phenoxy) is 1. The van der Waals surface area contributed by atoms with Crippen molar-refractivity contribution >= 4 is 21.4 Å². The summed E-state index contributed by atoms with van der Waals surface area (Å²) in [4.78, 5) is 14.6. The largest absolute Gasteiger partial charge is 0.497 e. The lowest BCUT2D eigenvalue weighted by molar-refractivity contribution is -0.122. The van der Waals surface area contributed by atoms with E-state index in [4.69, 9.17) is 4.74 Å². The molecule has 0 saturated carbocycles. The minimum Gasteiger partial charge on any atom is -0.497 e. The summed E-state index contributed by atoms with van der Waals surface area (Å²) in [5.74, 6) is 0.440. The van der Waals surface area contributed by atoms with Crippen molar-refractivity contribution in [3.8, 4) is 5.75 Å². The molecule has 0 fully saturated rings. The number of fused-ring (bicyclic) bond motifs is 1. The number of sulfone groups is 1. The van der Waals surface area contributed by atoms with Gasteiger partial charge in [0.25, 0.3) is 0 Å². The van der Waals surface area contributed by atoms with E-state index >= 15 is 0 Å². The van der Waals surface area contributed by atoms with Crippen LogP contribution in [-0.4, -0.2) is 34.2 Å². The first kappa shape index (κ1) is 17.5. The van der Waals surface area contributed by atoms with Crippen LogP contribution in [-0.2, 0) is 20.0 Å². The molecule has 5 nitrogen and oxygen atoms in total. The molecule has 0 N–H and O–H groups in total. The summed E-state index contributed by atoms with van der Waals surface area (Å²) < 4.78 is 30.4. The summed E-state index contributed by atoms with van der Waals surface area (Å²) >= 11 is 0. The molecule has 0 radical (unpaired) electrons. The molecule has 1 heterocycles. The van der Waals surface area contributed by atoms with Crippen molar-refractivity contribution in [2.75, 3.05) is 24.8 Å². The van der Waals surface area contributed by atoms with Crippen molar-refractivity contribution in [1.29, 1.82) is 0 Å². The SMILES string of the molecule is COc1ccc(S(=O)(=O)CCC2(C)C(=O)N(C)c3ccccc32)cc1. The summed E-state index contributed by atoms with van der Waals surface area (Å²) in [6.45, 7) is 1.82. The van der Waals surface area contributed by atoms with E-state index in [9.17, 15) is 13.2 Å². The van der Waals surface area contributed by atoms with Gasteiger partial charge >= 0.3 is 0 Å². The van der Waals surface area contributed by atoms with Gasteiger partial charge in [-0.25, -0.2) is 8.42 Å². The molecule has 0 saturated heterocycles. The van der Waals surface area contributed by atoms with Crippen LogP contribution in [0.3, 0.4) is 0 Å². The molecule has 25 heavy (non-hydrogen) atoms. The third-order valence-corrected chi connectivity index (χ3v) is 6.66. The zero-order valence-electron chi connectivity index (χ0n) is 14.5. The zero-order chi connectivity index (χ0) is 18.2. The van der Waals surface area contributed by atoms with Crippen LogP contribution in [0.1, 0.15) is 18.9 Å². The Labute approximate surface area is 148 Å². The first-order valence-electron chi connectivity index (χ1n) is 8.04. The second-order valence-electron chi connectivity index (χ2n) is 6.46. The van der Waals surface area contributed by atoms with E-state index in [0.29, 0.717) is 5.75 Å². The number of hydrogen-bond acceptors (Lipinski definition) is 4. The number of benzene rings is 2. The molecular formula is C19H21NO4S. The van der Waals surface area contributed by atoms with E-state index in [1.165, 1.54) is 19.2 Å². The minimum absolute atomic E-state index is 0.0707. The number of methoxy groups -OCH3 is 1. The van der Waals surface area contributed by atoms with E-state index in [1.807, 2.05) is 31.2 Å². The quantitative estimate of drug-likeness (QED) is 0.823. The van der Waals surface area contributed by atoms with Gasteiger partial charge in [-0.1, -0.05) is 18.2 Å². The Bertz CT molecular complexity index is 905. The Morgan fingerprint density at radius 2 is 1.72 bits per heavy atom. The van der Waals surface area contributed by atoms with Crippen molar-refractivity contribution in [2.24, 2.45) is 0 Å². The Hall–Kier alpha value is -2.34. The molecule has 1 aliphatic rings. The molecule has 1 unspecified atom stereocenters. The summed E-state index contributed by atoms with van der Waals surface area (Å²) in [5.41, 5.74) is 0.898. The topological polar surface area (TPSA) is 63.7 Å². The van der Waals surface area contributed by atoms with Gasteiger partial charge in [0.05, 0.1) is 23.2 Å². The van der Waals surface area contributed by atoms with Gasteiger partial charge in [-0.3, -0.25) is 4.79 Å². The van der Waals surface area contributed by atoms with Crippen LogP contribution in [0, 0.1) is 0 Å². The van der Waals surface area contributed by atoms with E-state index in [1.54, 1.807) is 24.1 Å². The van der Waals surface area contributed by atoms with Gasteiger partial charge < -0.3 is 9.64 Å². The predicted molar refractivity (Wildman–Crippen MR) is 96.9 cm³/mol. The van der Waals surface area contributed by atoms with E-state index in [-0.39, 0.29) is 23.0 Å². The van der Waals surface area contributed by atoms with Crippen molar-refractivity contribution in [1.82, 2.24) is 0 Å². The van der Waals surface area contributed by atoms with Crippen LogP contribution in [0.4, 0.5) is 5.69 Å². The lowest BCUT2D eigenvalue weighted by Gasteiger charge is -2.23. The van der Waals surface area contributed by atoms with Crippen LogP contribution in [0.2, 0.25) is 0 Å². The third-order valence-electron chi connectivity index (χ3n) is 4.93. The summed E-state index contributed by atoms with van der Waals surface area (Å²) in [6, 6.07) is 13.9. The van der Waals surface area contributed by atoms with Crippen LogP contribution in [0.25, 0.3) is 0 Å². The number of carbonyl (C=O) groups excluding carboxylic acids is 1. The van der Waals surface area contributed by atoms with Gasteiger partial charge in [-0.2, -0.15) is 0 Å². The second-order valence-corrected chi connectivity index (χ2v) is 8.57. The van der Waals surface area contributed by atoms with Crippen molar-refractivity contribution in [3.63, 3.8) is 0 Å². The van der Waals surface area contributed by atoms with Crippen LogP contribution in [0.5, 0.6) is 5.75 Å². The number of hydrogen-bond donors (Lipinski definition) is 0. The van der Waals surface area contributed by atoms with E-state index < -0.39 is 15.3 Å². The van der Waals surface area contributed by atoms with E-state index in [0.717, 1.165) is 11.3 Å². The number of likely N-dealkylation sites (N-methyl/N-ethyl adjacent to an activating group) is 1. The zero-order valence-corrected chi connectivity index (χ0v) is 15.3. The lowest BCUT2D eigenvalue weighted by atomic mass is 9.81. The second kappa shape index (κ2) is 6.19. The average molecular weight is 359 g/mol. The molecule has 0 aromatic heterocycles. The average Bonchev–Trinajstić information content (AvgIpc) is 2.83. The maximum Gasteiger partial charge on any atom is 0.237 e. The molecule has 0 spiro atoms. The molecule has 3 rings (SSSR count). The van der Waals surface area contributed by atoms with Crippen LogP contribution < -0.4 is 9.64 Å². The van der Waals surface area contributed by atoms with Gasteiger partial charge in [-0.05, 0) is 49.2 Å². The number of anilines is 1. The molecule has 1 amide bonds. The minimum atomic E-state index is -3.48. The highest BCUT2D eigenvalue weighted by atomic mass is 32.2.